The lowest BCUT2D eigenvalue weighted by atomic mass is 10.1. The van der Waals surface area contributed by atoms with Gasteiger partial charge in [-0.15, -0.1) is 0 Å². The van der Waals surface area contributed by atoms with Crippen LogP contribution in [0.25, 0.3) is 0 Å². The van der Waals surface area contributed by atoms with E-state index >= 15 is 0 Å². The molecule has 0 bridgehead atoms. The molecule has 4 heteroatoms. The van der Waals surface area contributed by atoms with Crippen LogP contribution in [0.1, 0.15) is 12.5 Å². The largest absolute Gasteiger partial charge is 0.494 e. The maximum absolute atomic E-state index is 5.58. The summed E-state index contributed by atoms with van der Waals surface area (Å²) < 4.78 is 12.2. The third kappa shape index (κ3) is 5.52. The molecule has 1 rings (SSSR count). The van der Waals surface area contributed by atoms with Crippen molar-refractivity contribution in [1.82, 2.24) is 5.32 Å². The molecule has 0 amide bonds. The van der Waals surface area contributed by atoms with Crippen LogP contribution in [-0.4, -0.2) is 33.4 Å². The van der Waals surface area contributed by atoms with Gasteiger partial charge in [-0.25, -0.2) is 0 Å². The number of hydrogen-bond donors (Lipinski definition) is 1. The topological polar surface area (TPSA) is 30.5 Å². The van der Waals surface area contributed by atoms with E-state index in [1.165, 1.54) is 5.56 Å². The fourth-order valence-corrected chi connectivity index (χ4v) is 1.91. The van der Waals surface area contributed by atoms with E-state index in [9.17, 15) is 0 Å². The summed E-state index contributed by atoms with van der Waals surface area (Å²) in [5.74, 6) is 0.952. The van der Waals surface area contributed by atoms with E-state index in [1.54, 1.807) is 0 Å². The Balaban J connectivity index is 2.47. The molecule has 0 aromatic heterocycles. The van der Waals surface area contributed by atoms with Crippen LogP contribution >= 0.6 is 15.9 Å². The quantitative estimate of drug-likeness (QED) is 0.749. The Hall–Kier alpha value is -0.580. The van der Waals surface area contributed by atoms with Crippen molar-refractivity contribution < 1.29 is 9.47 Å². The zero-order valence-electron chi connectivity index (χ0n) is 10.5. The molecule has 0 aliphatic rings. The van der Waals surface area contributed by atoms with Gasteiger partial charge in [0.05, 0.1) is 19.8 Å². The fourth-order valence-electron chi connectivity index (χ4n) is 1.50. The van der Waals surface area contributed by atoms with Gasteiger partial charge in [0.15, 0.2) is 0 Å². The second kappa shape index (κ2) is 8.50. The smallest absolute Gasteiger partial charge is 0.122 e. The molecule has 0 spiro atoms. The third-order valence-electron chi connectivity index (χ3n) is 2.33. The van der Waals surface area contributed by atoms with Crippen LogP contribution in [0.3, 0.4) is 0 Å². The van der Waals surface area contributed by atoms with Crippen LogP contribution in [0.5, 0.6) is 5.75 Å². The Labute approximate surface area is 112 Å². The zero-order chi connectivity index (χ0) is 12.5. The van der Waals surface area contributed by atoms with Gasteiger partial charge in [0.25, 0.3) is 0 Å². The number of benzene rings is 1. The van der Waals surface area contributed by atoms with Crippen molar-refractivity contribution in [3.8, 4) is 5.75 Å². The van der Waals surface area contributed by atoms with Crippen LogP contribution in [0.4, 0.5) is 0 Å². The van der Waals surface area contributed by atoms with E-state index in [-0.39, 0.29) is 0 Å². The Bertz CT molecular complexity index is 331. The summed E-state index contributed by atoms with van der Waals surface area (Å²) in [4.78, 5) is 0. The summed E-state index contributed by atoms with van der Waals surface area (Å²) in [7, 11) is 1.92. The number of nitrogens with one attached hydrogen (secondary N) is 1. The van der Waals surface area contributed by atoms with Crippen molar-refractivity contribution in [2.45, 2.75) is 13.3 Å². The summed E-state index contributed by atoms with van der Waals surface area (Å²) in [6.07, 6.45) is 0.873. The summed E-state index contributed by atoms with van der Waals surface area (Å²) in [6.45, 7) is 5.04. The van der Waals surface area contributed by atoms with Crippen molar-refractivity contribution in [2.75, 3.05) is 33.4 Å². The first-order chi connectivity index (χ1) is 8.27. The third-order valence-corrected chi connectivity index (χ3v) is 2.83. The fraction of sp³-hybridized carbons (Fsp3) is 0.538. The molecule has 0 heterocycles. The van der Waals surface area contributed by atoms with Gasteiger partial charge >= 0.3 is 0 Å². The van der Waals surface area contributed by atoms with Crippen molar-refractivity contribution >= 4 is 15.9 Å². The highest BCUT2D eigenvalue weighted by atomic mass is 79.9. The van der Waals surface area contributed by atoms with Crippen LogP contribution < -0.4 is 10.1 Å². The number of likely N-dealkylation sites (N-methyl/N-ethyl adjacent to an activating group) is 1. The predicted molar refractivity (Wildman–Crippen MR) is 73.8 cm³/mol. The SMILES string of the molecule is CCOc1ccc(Br)cc1CCOCCNC. The first-order valence-electron chi connectivity index (χ1n) is 5.91. The van der Waals surface area contributed by atoms with Crippen molar-refractivity contribution in [3.63, 3.8) is 0 Å². The van der Waals surface area contributed by atoms with Gasteiger partial charge in [0.2, 0.25) is 0 Å². The van der Waals surface area contributed by atoms with Crippen LogP contribution in [0.2, 0.25) is 0 Å². The lowest BCUT2D eigenvalue weighted by Crippen LogP contribution is -2.15. The Morgan fingerprint density at radius 3 is 2.82 bits per heavy atom. The minimum atomic E-state index is 0.690. The van der Waals surface area contributed by atoms with Gasteiger partial charge in [-0.2, -0.15) is 0 Å². The average molecular weight is 302 g/mol. The molecule has 1 aromatic carbocycles. The molecule has 0 atom stereocenters. The van der Waals surface area contributed by atoms with E-state index in [2.05, 4.69) is 27.3 Å². The van der Waals surface area contributed by atoms with E-state index in [4.69, 9.17) is 9.47 Å². The molecule has 3 nitrogen and oxygen atoms in total. The standard InChI is InChI=1S/C13H20BrNO2/c1-3-17-13-5-4-12(14)10-11(13)6-8-16-9-7-15-2/h4-5,10,15H,3,6-9H2,1-2H3. The molecule has 0 radical (unpaired) electrons. The van der Waals surface area contributed by atoms with Gasteiger partial charge in [-0.3, -0.25) is 0 Å². The lowest BCUT2D eigenvalue weighted by Gasteiger charge is -2.11. The number of ether oxygens (including phenoxy) is 2. The Kier molecular flexibility index (Phi) is 7.24. The summed E-state index contributed by atoms with van der Waals surface area (Å²) in [5.41, 5.74) is 1.19. The number of rotatable bonds is 8. The Morgan fingerprint density at radius 2 is 2.12 bits per heavy atom. The van der Waals surface area contributed by atoms with Gasteiger partial charge in [-0.1, -0.05) is 15.9 Å². The monoisotopic (exact) mass is 301 g/mol. The van der Waals surface area contributed by atoms with Gasteiger partial charge < -0.3 is 14.8 Å². The summed E-state index contributed by atoms with van der Waals surface area (Å²) >= 11 is 3.47. The Morgan fingerprint density at radius 1 is 1.29 bits per heavy atom. The van der Waals surface area contributed by atoms with Crippen molar-refractivity contribution in [3.05, 3.63) is 28.2 Å². The minimum absolute atomic E-state index is 0.690. The van der Waals surface area contributed by atoms with E-state index in [1.807, 2.05) is 26.1 Å². The molecular weight excluding hydrogens is 282 g/mol. The maximum Gasteiger partial charge on any atom is 0.122 e. The van der Waals surface area contributed by atoms with Gasteiger partial charge in [0, 0.05) is 11.0 Å². The van der Waals surface area contributed by atoms with Crippen LogP contribution in [0.15, 0.2) is 22.7 Å². The minimum Gasteiger partial charge on any atom is -0.494 e. The molecular formula is C13H20BrNO2. The molecule has 0 saturated heterocycles. The van der Waals surface area contributed by atoms with Crippen molar-refractivity contribution in [2.24, 2.45) is 0 Å². The van der Waals surface area contributed by atoms with Gasteiger partial charge in [0.1, 0.15) is 5.75 Å². The molecule has 0 unspecified atom stereocenters. The van der Waals surface area contributed by atoms with Gasteiger partial charge in [-0.05, 0) is 44.2 Å². The first kappa shape index (κ1) is 14.5. The molecule has 0 saturated carbocycles. The number of hydrogen-bond acceptors (Lipinski definition) is 3. The zero-order valence-corrected chi connectivity index (χ0v) is 12.0. The highest BCUT2D eigenvalue weighted by Crippen LogP contribution is 2.23. The van der Waals surface area contributed by atoms with E-state index in [0.29, 0.717) is 6.61 Å². The molecule has 1 aromatic rings. The van der Waals surface area contributed by atoms with E-state index < -0.39 is 0 Å². The second-order valence-electron chi connectivity index (χ2n) is 3.65. The average Bonchev–Trinajstić information content (AvgIpc) is 2.32. The second-order valence-corrected chi connectivity index (χ2v) is 4.57. The van der Waals surface area contributed by atoms with Crippen LogP contribution in [0, 0.1) is 0 Å². The lowest BCUT2D eigenvalue weighted by molar-refractivity contribution is 0.139. The molecule has 1 N–H and O–H groups in total. The van der Waals surface area contributed by atoms with E-state index in [0.717, 1.165) is 36.4 Å². The number of halogens is 1. The highest BCUT2D eigenvalue weighted by Gasteiger charge is 2.04. The van der Waals surface area contributed by atoms with Crippen LogP contribution in [-0.2, 0) is 11.2 Å². The summed E-state index contributed by atoms with van der Waals surface area (Å²) in [5, 5.41) is 3.05. The molecule has 0 aliphatic heterocycles. The van der Waals surface area contributed by atoms with Crippen molar-refractivity contribution in [1.29, 1.82) is 0 Å². The molecule has 17 heavy (non-hydrogen) atoms. The first-order valence-corrected chi connectivity index (χ1v) is 6.70. The molecule has 0 fully saturated rings. The molecule has 0 aliphatic carbocycles. The maximum atomic E-state index is 5.58. The summed E-state index contributed by atoms with van der Waals surface area (Å²) in [6, 6.07) is 6.08. The molecule has 96 valence electrons. The predicted octanol–water partition coefficient (Wildman–Crippen LogP) is 2.63. The highest BCUT2D eigenvalue weighted by molar-refractivity contribution is 9.10. The normalized spacial score (nSPS) is 10.5.